The van der Waals surface area contributed by atoms with E-state index in [0.717, 1.165) is 5.56 Å². The molecule has 2 atom stereocenters. The van der Waals surface area contributed by atoms with Gasteiger partial charge in [0, 0.05) is 26.1 Å². The van der Waals surface area contributed by atoms with Crippen LogP contribution >= 0.6 is 0 Å². The van der Waals surface area contributed by atoms with Crippen LogP contribution in [0.3, 0.4) is 0 Å². The van der Waals surface area contributed by atoms with Crippen molar-refractivity contribution in [2.45, 2.75) is 51.8 Å². The first-order valence-electron chi connectivity index (χ1n) is 10.5. The lowest BCUT2D eigenvalue weighted by Gasteiger charge is -2.27. The monoisotopic (exact) mass is 429 g/mol. The van der Waals surface area contributed by atoms with Gasteiger partial charge in [0.05, 0.1) is 12.6 Å². The molecule has 9 nitrogen and oxygen atoms in total. The predicted molar refractivity (Wildman–Crippen MR) is 115 cm³/mol. The number of hydrogen-bond acceptors (Lipinski definition) is 5. The fraction of sp³-hybridized carbons (Fsp3) is 0.545. The number of nitriles is 1. The highest BCUT2D eigenvalue weighted by molar-refractivity contribution is 5.85. The Morgan fingerprint density at radius 1 is 1.23 bits per heavy atom. The van der Waals surface area contributed by atoms with Gasteiger partial charge in [-0.2, -0.15) is 5.26 Å². The quantitative estimate of drug-likeness (QED) is 0.584. The van der Waals surface area contributed by atoms with E-state index >= 15 is 0 Å². The average Bonchev–Trinajstić information content (AvgIpc) is 3.17. The molecule has 1 fully saturated rings. The summed E-state index contributed by atoms with van der Waals surface area (Å²) in [5.41, 5.74) is -0.300. The van der Waals surface area contributed by atoms with Gasteiger partial charge in [-0.25, -0.2) is 9.59 Å². The van der Waals surface area contributed by atoms with E-state index < -0.39 is 23.6 Å². The van der Waals surface area contributed by atoms with Crippen LogP contribution in [0.4, 0.5) is 9.59 Å². The SMILES string of the molecule is CCNC(=O)N1CCC(C#N)(NC(=O)C(CC(C)C)OC(=O)NCc2ccccc2)C1. The third-order valence-corrected chi connectivity index (χ3v) is 4.97. The van der Waals surface area contributed by atoms with Crippen molar-refractivity contribution in [2.75, 3.05) is 19.6 Å². The van der Waals surface area contributed by atoms with Gasteiger partial charge in [-0.1, -0.05) is 44.2 Å². The lowest BCUT2D eigenvalue weighted by molar-refractivity contribution is -0.131. The third-order valence-electron chi connectivity index (χ3n) is 4.97. The first-order valence-corrected chi connectivity index (χ1v) is 10.5. The highest BCUT2D eigenvalue weighted by Gasteiger charge is 2.43. The maximum absolute atomic E-state index is 12.9. The summed E-state index contributed by atoms with van der Waals surface area (Å²) in [5.74, 6) is -0.450. The minimum absolute atomic E-state index is 0.0790. The molecule has 1 saturated heterocycles. The van der Waals surface area contributed by atoms with Crippen LogP contribution in [-0.2, 0) is 16.1 Å². The summed E-state index contributed by atoms with van der Waals surface area (Å²) >= 11 is 0. The van der Waals surface area contributed by atoms with Gasteiger partial charge in [0.15, 0.2) is 6.10 Å². The first-order chi connectivity index (χ1) is 14.8. The van der Waals surface area contributed by atoms with E-state index in [9.17, 15) is 19.6 Å². The van der Waals surface area contributed by atoms with Crippen molar-refractivity contribution in [1.29, 1.82) is 5.26 Å². The number of carbonyl (C=O) groups is 3. The molecular formula is C22H31N5O4. The molecule has 0 radical (unpaired) electrons. The van der Waals surface area contributed by atoms with Crippen molar-refractivity contribution in [3.8, 4) is 6.07 Å². The Morgan fingerprint density at radius 3 is 2.55 bits per heavy atom. The smallest absolute Gasteiger partial charge is 0.408 e. The van der Waals surface area contributed by atoms with Crippen LogP contribution in [0, 0.1) is 17.2 Å². The standard InChI is InChI=1S/C22H31N5O4/c1-4-24-20(29)27-11-10-22(14-23,15-27)26-19(28)18(12-16(2)3)31-21(30)25-13-17-8-6-5-7-9-17/h5-9,16,18H,4,10-13,15H2,1-3H3,(H,24,29)(H,25,30)(H,26,28). The number of ether oxygens (including phenoxy) is 1. The van der Waals surface area contributed by atoms with Gasteiger partial charge in [-0.15, -0.1) is 0 Å². The van der Waals surface area contributed by atoms with Gasteiger partial charge < -0.3 is 25.6 Å². The summed E-state index contributed by atoms with van der Waals surface area (Å²) in [5, 5.41) is 17.8. The summed E-state index contributed by atoms with van der Waals surface area (Å²) in [6.07, 6.45) is -1.13. The van der Waals surface area contributed by atoms with Crippen molar-refractivity contribution < 1.29 is 19.1 Å². The molecule has 3 N–H and O–H groups in total. The lowest BCUT2D eigenvalue weighted by atomic mass is 9.99. The lowest BCUT2D eigenvalue weighted by Crippen LogP contribution is -2.54. The topological polar surface area (TPSA) is 124 Å². The Labute approximate surface area is 183 Å². The number of likely N-dealkylation sites (tertiary alicyclic amines) is 1. The highest BCUT2D eigenvalue weighted by atomic mass is 16.6. The van der Waals surface area contributed by atoms with Gasteiger partial charge in [0.2, 0.25) is 0 Å². The van der Waals surface area contributed by atoms with Crippen LogP contribution in [0.2, 0.25) is 0 Å². The number of nitrogens with one attached hydrogen (secondary N) is 3. The van der Waals surface area contributed by atoms with Crippen LogP contribution in [0.5, 0.6) is 0 Å². The Hall–Kier alpha value is -3.28. The fourth-order valence-electron chi connectivity index (χ4n) is 3.36. The van der Waals surface area contributed by atoms with Crippen LogP contribution in [0.1, 0.15) is 39.2 Å². The second-order valence-corrected chi connectivity index (χ2v) is 8.05. The number of hydrogen-bond donors (Lipinski definition) is 3. The Bertz CT molecular complexity index is 808. The van der Waals surface area contributed by atoms with Gasteiger partial charge in [0.25, 0.3) is 5.91 Å². The molecule has 0 saturated carbocycles. The van der Waals surface area contributed by atoms with Crippen molar-refractivity contribution in [3.63, 3.8) is 0 Å². The fourth-order valence-corrected chi connectivity index (χ4v) is 3.36. The number of rotatable bonds is 8. The van der Waals surface area contributed by atoms with E-state index in [4.69, 9.17) is 4.74 Å². The van der Waals surface area contributed by atoms with Crippen molar-refractivity contribution in [1.82, 2.24) is 20.9 Å². The molecule has 2 unspecified atom stereocenters. The number of carbonyl (C=O) groups excluding carboxylic acids is 3. The van der Waals surface area contributed by atoms with E-state index in [1.807, 2.05) is 51.1 Å². The molecule has 0 bridgehead atoms. The minimum Gasteiger partial charge on any atom is -0.436 e. The van der Waals surface area contributed by atoms with Crippen LogP contribution < -0.4 is 16.0 Å². The van der Waals surface area contributed by atoms with Gasteiger partial charge in [-0.05, 0) is 24.8 Å². The molecule has 9 heteroatoms. The van der Waals surface area contributed by atoms with Crippen LogP contribution in [0.15, 0.2) is 30.3 Å². The molecule has 0 aliphatic carbocycles. The summed E-state index contributed by atoms with van der Waals surface area (Å²) in [6, 6.07) is 11.2. The zero-order valence-electron chi connectivity index (χ0n) is 18.3. The highest BCUT2D eigenvalue weighted by Crippen LogP contribution is 2.22. The molecule has 168 valence electrons. The van der Waals surface area contributed by atoms with E-state index in [0.29, 0.717) is 25.9 Å². The number of amides is 4. The van der Waals surface area contributed by atoms with Crippen LogP contribution in [0.25, 0.3) is 0 Å². The second kappa shape index (κ2) is 11.2. The third kappa shape index (κ3) is 7.17. The Kier molecular flexibility index (Phi) is 8.67. The zero-order valence-corrected chi connectivity index (χ0v) is 18.3. The molecule has 2 rings (SSSR count). The number of alkyl carbamates (subject to hydrolysis) is 1. The van der Waals surface area contributed by atoms with Gasteiger partial charge in [-0.3, -0.25) is 4.79 Å². The molecule has 0 spiro atoms. The number of benzene rings is 1. The van der Waals surface area contributed by atoms with Crippen LogP contribution in [-0.4, -0.2) is 54.2 Å². The molecular weight excluding hydrogens is 398 g/mol. The van der Waals surface area contributed by atoms with Crippen molar-refractivity contribution >= 4 is 18.0 Å². The second-order valence-electron chi connectivity index (χ2n) is 8.05. The molecule has 4 amide bonds. The predicted octanol–water partition coefficient (Wildman–Crippen LogP) is 2.14. The summed E-state index contributed by atoms with van der Waals surface area (Å²) in [6.45, 7) is 6.82. The van der Waals surface area contributed by atoms with E-state index in [2.05, 4.69) is 22.0 Å². The molecule has 1 aliphatic rings. The Balaban J connectivity index is 1.99. The molecule has 1 aliphatic heterocycles. The summed E-state index contributed by atoms with van der Waals surface area (Å²) < 4.78 is 5.39. The maximum atomic E-state index is 12.9. The van der Waals surface area contributed by atoms with Gasteiger partial charge >= 0.3 is 12.1 Å². The van der Waals surface area contributed by atoms with E-state index in [1.165, 1.54) is 4.90 Å². The number of nitrogens with zero attached hydrogens (tertiary/aromatic N) is 2. The number of urea groups is 1. The summed E-state index contributed by atoms with van der Waals surface area (Å²) in [4.78, 5) is 38.8. The van der Waals surface area contributed by atoms with Crippen molar-refractivity contribution in [3.05, 3.63) is 35.9 Å². The van der Waals surface area contributed by atoms with Gasteiger partial charge in [0.1, 0.15) is 5.54 Å². The largest absolute Gasteiger partial charge is 0.436 e. The summed E-state index contributed by atoms with van der Waals surface area (Å²) in [7, 11) is 0. The minimum atomic E-state index is -1.21. The molecule has 1 aromatic carbocycles. The normalized spacial score (nSPS) is 18.7. The Morgan fingerprint density at radius 2 is 1.94 bits per heavy atom. The van der Waals surface area contributed by atoms with E-state index in [-0.39, 0.29) is 25.0 Å². The molecule has 1 aromatic rings. The molecule has 31 heavy (non-hydrogen) atoms. The first kappa shape index (κ1) is 24.0. The van der Waals surface area contributed by atoms with E-state index in [1.54, 1.807) is 0 Å². The zero-order chi connectivity index (χ0) is 22.9. The maximum Gasteiger partial charge on any atom is 0.408 e. The van der Waals surface area contributed by atoms with Crippen molar-refractivity contribution in [2.24, 2.45) is 5.92 Å². The molecule has 0 aromatic heterocycles. The average molecular weight is 430 g/mol. The molecule has 1 heterocycles.